The van der Waals surface area contributed by atoms with Crippen LogP contribution in [0.15, 0.2) is 12.1 Å². The maximum Gasteiger partial charge on any atom is 0.126 e. The van der Waals surface area contributed by atoms with Crippen molar-refractivity contribution >= 4 is 17.4 Å². The van der Waals surface area contributed by atoms with Gasteiger partial charge in [0.2, 0.25) is 0 Å². The Bertz CT molecular complexity index is 391. The third kappa shape index (κ3) is 2.90. The van der Waals surface area contributed by atoms with Gasteiger partial charge in [-0.15, -0.1) is 0 Å². The van der Waals surface area contributed by atoms with Gasteiger partial charge in [0.15, 0.2) is 0 Å². The number of aryl methyl sites for hydroxylation is 1. The number of halogens is 1. The SMILES string of the molecule is COCC1(CNc2ccc(Cl)c(C)n2)CCC1. The number of anilines is 1. The molecule has 1 N–H and O–H groups in total. The van der Waals surface area contributed by atoms with Gasteiger partial charge in [0.25, 0.3) is 0 Å². The predicted molar refractivity (Wildman–Crippen MR) is 70.6 cm³/mol. The quantitative estimate of drug-likeness (QED) is 0.876. The molecule has 2 rings (SSSR count). The number of rotatable bonds is 5. The lowest BCUT2D eigenvalue weighted by Crippen LogP contribution is -2.40. The number of ether oxygens (including phenoxy) is 1. The van der Waals surface area contributed by atoms with Gasteiger partial charge in [0, 0.05) is 19.1 Å². The van der Waals surface area contributed by atoms with Gasteiger partial charge in [-0.1, -0.05) is 18.0 Å². The second-order valence-corrected chi connectivity index (χ2v) is 5.31. The van der Waals surface area contributed by atoms with Crippen LogP contribution in [0.1, 0.15) is 25.0 Å². The first-order valence-corrected chi connectivity index (χ1v) is 6.39. The summed E-state index contributed by atoms with van der Waals surface area (Å²) in [6.45, 7) is 3.67. The summed E-state index contributed by atoms with van der Waals surface area (Å²) >= 11 is 5.95. The van der Waals surface area contributed by atoms with Gasteiger partial charge in [-0.25, -0.2) is 4.98 Å². The predicted octanol–water partition coefficient (Wildman–Crippen LogP) is 3.27. The Balaban J connectivity index is 1.94. The number of hydrogen-bond donors (Lipinski definition) is 1. The van der Waals surface area contributed by atoms with Crippen LogP contribution >= 0.6 is 11.6 Å². The van der Waals surface area contributed by atoms with Crippen molar-refractivity contribution in [2.45, 2.75) is 26.2 Å². The van der Waals surface area contributed by atoms with Crippen LogP contribution in [0.25, 0.3) is 0 Å². The van der Waals surface area contributed by atoms with E-state index < -0.39 is 0 Å². The minimum Gasteiger partial charge on any atom is -0.384 e. The van der Waals surface area contributed by atoms with E-state index in [1.807, 2.05) is 19.1 Å². The van der Waals surface area contributed by atoms with E-state index in [1.165, 1.54) is 19.3 Å². The molecule has 1 aliphatic rings. The molecule has 1 aliphatic carbocycles. The number of nitrogens with one attached hydrogen (secondary N) is 1. The fourth-order valence-electron chi connectivity index (χ4n) is 2.28. The van der Waals surface area contributed by atoms with Crippen LogP contribution < -0.4 is 5.32 Å². The van der Waals surface area contributed by atoms with Gasteiger partial charge in [-0.05, 0) is 31.9 Å². The molecule has 0 saturated heterocycles. The lowest BCUT2D eigenvalue weighted by Gasteiger charge is -2.41. The third-order valence-electron chi connectivity index (χ3n) is 3.53. The first-order chi connectivity index (χ1) is 8.15. The molecule has 0 bridgehead atoms. The molecule has 0 spiro atoms. The lowest BCUT2D eigenvalue weighted by atomic mass is 9.69. The van der Waals surface area contributed by atoms with Crippen molar-refractivity contribution in [2.24, 2.45) is 5.41 Å². The van der Waals surface area contributed by atoms with Crippen molar-refractivity contribution in [1.29, 1.82) is 0 Å². The van der Waals surface area contributed by atoms with E-state index in [-0.39, 0.29) is 0 Å². The summed E-state index contributed by atoms with van der Waals surface area (Å²) in [6.07, 6.45) is 3.78. The van der Waals surface area contributed by atoms with E-state index in [0.29, 0.717) is 10.4 Å². The van der Waals surface area contributed by atoms with Crippen LogP contribution in [0.3, 0.4) is 0 Å². The Kier molecular flexibility index (Phi) is 3.89. The Morgan fingerprint density at radius 1 is 1.47 bits per heavy atom. The monoisotopic (exact) mass is 254 g/mol. The number of pyridine rings is 1. The summed E-state index contributed by atoms with van der Waals surface area (Å²) in [7, 11) is 1.77. The van der Waals surface area contributed by atoms with Crippen LogP contribution in [0.2, 0.25) is 5.02 Å². The molecule has 1 fully saturated rings. The first-order valence-electron chi connectivity index (χ1n) is 6.01. The molecule has 4 heteroatoms. The smallest absolute Gasteiger partial charge is 0.126 e. The second-order valence-electron chi connectivity index (χ2n) is 4.90. The van der Waals surface area contributed by atoms with Crippen molar-refractivity contribution in [1.82, 2.24) is 4.98 Å². The van der Waals surface area contributed by atoms with E-state index in [9.17, 15) is 0 Å². The highest BCUT2D eigenvalue weighted by Crippen LogP contribution is 2.41. The van der Waals surface area contributed by atoms with E-state index in [2.05, 4.69) is 10.3 Å². The molecule has 1 aromatic heterocycles. The largest absolute Gasteiger partial charge is 0.384 e. The highest BCUT2D eigenvalue weighted by Gasteiger charge is 2.36. The van der Waals surface area contributed by atoms with Crippen molar-refractivity contribution in [3.8, 4) is 0 Å². The molecule has 0 atom stereocenters. The molecule has 0 radical (unpaired) electrons. The zero-order chi connectivity index (χ0) is 12.3. The molecule has 17 heavy (non-hydrogen) atoms. The molecule has 1 aromatic rings. The fourth-order valence-corrected chi connectivity index (χ4v) is 2.38. The summed E-state index contributed by atoms with van der Waals surface area (Å²) in [4.78, 5) is 4.41. The Hall–Kier alpha value is -0.800. The van der Waals surface area contributed by atoms with Crippen molar-refractivity contribution in [2.75, 3.05) is 25.6 Å². The Morgan fingerprint density at radius 2 is 2.24 bits per heavy atom. The van der Waals surface area contributed by atoms with E-state index in [1.54, 1.807) is 7.11 Å². The highest BCUT2D eigenvalue weighted by molar-refractivity contribution is 6.31. The lowest BCUT2D eigenvalue weighted by molar-refractivity contribution is 0.0282. The number of aromatic nitrogens is 1. The molecule has 1 heterocycles. The maximum atomic E-state index is 5.95. The van der Waals surface area contributed by atoms with Crippen LogP contribution in [0.5, 0.6) is 0 Å². The molecule has 94 valence electrons. The van der Waals surface area contributed by atoms with Crippen LogP contribution in [0.4, 0.5) is 5.82 Å². The average molecular weight is 255 g/mol. The van der Waals surface area contributed by atoms with Gasteiger partial charge >= 0.3 is 0 Å². The standard InChI is InChI=1S/C13H19ClN2O/c1-10-11(14)4-5-12(16-10)15-8-13(9-17-2)6-3-7-13/h4-5H,3,6-9H2,1-2H3,(H,15,16). The summed E-state index contributed by atoms with van der Waals surface area (Å²) in [5.41, 5.74) is 1.18. The topological polar surface area (TPSA) is 34.1 Å². The molecule has 3 nitrogen and oxygen atoms in total. The number of methoxy groups -OCH3 is 1. The minimum atomic E-state index is 0.309. The zero-order valence-corrected chi connectivity index (χ0v) is 11.2. The fraction of sp³-hybridized carbons (Fsp3) is 0.615. The summed E-state index contributed by atoms with van der Waals surface area (Å²) < 4.78 is 5.30. The van der Waals surface area contributed by atoms with Gasteiger partial charge in [-0.3, -0.25) is 0 Å². The maximum absolute atomic E-state index is 5.95. The van der Waals surface area contributed by atoms with E-state index in [0.717, 1.165) is 24.7 Å². The normalized spacial score (nSPS) is 17.6. The molecule has 0 aromatic carbocycles. The van der Waals surface area contributed by atoms with Gasteiger partial charge in [-0.2, -0.15) is 0 Å². The van der Waals surface area contributed by atoms with E-state index >= 15 is 0 Å². The highest BCUT2D eigenvalue weighted by atomic mass is 35.5. The van der Waals surface area contributed by atoms with Crippen molar-refractivity contribution < 1.29 is 4.74 Å². The van der Waals surface area contributed by atoms with Gasteiger partial charge < -0.3 is 10.1 Å². The Morgan fingerprint density at radius 3 is 2.76 bits per heavy atom. The second kappa shape index (κ2) is 5.23. The number of hydrogen-bond acceptors (Lipinski definition) is 3. The molecule has 0 amide bonds. The van der Waals surface area contributed by atoms with Crippen molar-refractivity contribution in [3.05, 3.63) is 22.8 Å². The molecule has 0 unspecified atom stereocenters. The van der Waals surface area contributed by atoms with Crippen LogP contribution in [-0.4, -0.2) is 25.2 Å². The van der Waals surface area contributed by atoms with Crippen LogP contribution in [-0.2, 0) is 4.74 Å². The number of nitrogens with zero attached hydrogens (tertiary/aromatic N) is 1. The van der Waals surface area contributed by atoms with Gasteiger partial charge in [0.1, 0.15) is 5.82 Å². The zero-order valence-electron chi connectivity index (χ0n) is 10.4. The summed E-state index contributed by atoms with van der Waals surface area (Å²) in [5, 5.41) is 4.10. The Labute approximate surface area is 108 Å². The third-order valence-corrected chi connectivity index (χ3v) is 3.93. The molecular formula is C13H19ClN2O. The van der Waals surface area contributed by atoms with Gasteiger partial charge in [0.05, 0.1) is 17.3 Å². The molecule has 1 saturated carbocycles. The first kappa shape index (κ1) is 12.7. The minimum absolute atomic E-state index is 0.309. The van der Waals surface area contributed by atoms with E-state index in [4.69, 9.17) is 16.3 Å². The molecule has 0 aliphatic heterocycles. The van der Waals surface area contributed by atoms with Crippen molar-refractivity contribution in [3.63, 3.8) is 0 Å². The average Bonchev–Trinajstić information content (AvgIpc) is 2.26. The van der Waals surface area contributed by atoms with Crippen LogP contribution in [0, 0.1) is 12.3 Å². The molecular weight excluding hydrogens is 236 g/mol. The summed E-state index contributed by atoms with van der Waals surface area (Å²) in [6, 6.07) is 3.81. The summed E-state index contributed by atoms with van der Waals surface area (Å²) in [5.74, 6) is 0.897.